The molecule has 0 amide bonds. The number of hydrogen-bond donors (Lipinski definition) is 2. The molecule has 7 heteroatoms. The second kappa shape index (κ2) is 6.31. The van der Waals surface area contributed by atoms with E-state index in [1.54, 1.807) is 6.92 Å². The fourth-order valence-corrected chi connectivity index (χ4v) is 2.56. The Labute approximate surface area is 111 Å². The van der Waals surface area contributed by atoms with Crippen LogP contribution < -0.4 is 4.72 Å². The van der Waals surface area contributed by atoms with Crippen molar-refractivity contribution < 1.29 is 18.3 Å². The summed E-state index contributed by atoms with van der Waals surface area (Å²) < 4.78 is 26.1. The first-order chi connectivity index (χ1) is 8.90. The number of nitriles is 1. The Morgan fingerprint density at radius 1 is 1.53 bits per heavy atom. The van der Waals surface area contributed by atoms with Crippen molar-refractivity contribution in [2.75, 3.05) is 6.54 Å². The van der Waals surface area contributed by atoms with Crippen LogP contribution in [0.5, 0.6) is 0 Å². The first-order valence-electron chi connectivity index (χ1n) is 5.63. The highest BCUT2D eigenvalue weighted by molar-refractivity contribution is 7.89. The van der Waals surface area contributed by atoms with E-state index in [9.17, 15) is 13.2 Å². The molecule has 0 spiro atoms. The molecule has 0 radical (unpaired) electrons. The average Bonchev–Trinajstić information content (AvgIpc) is 2.39. The van der Waals surface area contributed by atoms with Crippen LogP contribution in [0.15, 0.2) is 29.2 Å². The van der Waals surface area contributed by atoms with Gasteiger partial charge in [0.05, 0.1) is 22.4 Å². The number of nitrogens with zero attached hydrogens (tertiary/aromatic N) is 1. The molecule has 2 N–H and O–H groups in total. The molecule has 0 fully saturated rings. The van der Waals surface area contributed by atoms with Crippen LogP contribution in [0.3, 0.4) is 0 Å². The van der Waals surface area contributed by atoms with Gasteiger partial charge in [-0.3, -0.25) is 4.79 Å². The predicted molar refractivity (Wildman–Crippen MR) is 67.8 cm³/mol. The molecule has 0 aliphatic carbocycles. The summed E-state index contributed by atoms with van der Waals surface area (Å²) in [5, 5.41) is 17.6. The molecule has 6 nitrogen and oxygen atoms in total. The summed E-state index contributed by atoms with van der Waals surface area (Å²) >= 11 is 0. The molecule has 102 valence electrons. The van der Waals surface area contributed by atoms with E-state index in [4.69, 9.17) is 10.4 Å². The maximum absolute atomic E-state index is 11.9. The Morgan fingerprint density at radius 2 is 2.21 bits per heavy atom. The zero-order valence-electron chi connectivity index (χ0n) is 10.3. The van der Waals surface area contributed by atoms with Crippen LogP contribution >= 0.6 is 0 Å². The van der Waals surface area contributed by atoms with E-state index in [1.807, 2.05) is 6.07 Å². The highest BCUT2D eigenvalue weighted by atomic mass is 32.2. The van der Waals surface area contributed by atoms with Crippen LogP contribution in [0.4, 0.5) is 0 Å². The van der Waals surface area contributed by atoms with Crippen molar-refractivity contribution in [1.29, 1.82) is 5.26 Å². The van der Waals surface area contributed by atoms with Crippen molar-refractivity contribution in [2.45, 2.75) is 18.2 Å². The Kier molecular flexibility index (Phi) is 5.03. The maximum Gasteiger partial charge on any atom is 0.307 e. The lowest BCUT2D eigenvalue weighted by atomic mass is 10.1. The number of nitrogens with one attached hydrogen (secondary N) is 1. The number of sulfonamides is 1. The Balaban J connectivity index is 2.87. The third-order valence-corrected chi connectivity index (χ3v) is 4.06. The smallest absolute Gasteiger partial charge is 0.307 e. The third kappa shape index (κ3) is 4.05. The van der Waals surface area contributed by atoms with Crippen molar-refractivity contribution in [2.24, 2.45) is 5.92 Å². The van der Waals surface area contributed by atoms with Gasteiger partial charge in [-0.05, 0) is 24.6 Å². The topological polar surface area (TPSA) is 107 Å². The van der Waals surface area contributed by atoms with E-state index in [1.165, 1.54) is 24.3 Å². The summed E-state index contributed by atoms with van der Waals surface area (Å²) in [5.74, 6) is -1.81. The van der Waals surface area contributed by atoms with Crippen LogP contribution in [0.2, 0.25) is 0 Å². The van der Waals surface area contributed by atoms with Gasteiger partial charge in [0, 0.05) is 6.54 Å². The number of carboxylic acids is 1. The predicted octanol–water partition coefficient (Wildman–Crippen LogP) is 0.947. The second-order valence-corrected chi connectivity index (χ2v) is 5.70. The van der Waals surface area contributed by atoms with Crippen molar-refractivity contribution in [3.05, 3.63) is 29.8 Å². The van der Waals surface area contributed by atoms with Crippen molar-refractivity contribution in [3.63, 3.8) is 0 Å². The van der Waals surface area contributed by atoms with Gasteiger partial charge < -0.3 is 5.11 Å². The van der Waals surface area contributed by atoms with Crippen LogP contribution in [-0.2, 0) is 14.8 Å². The van der Waals surface area contributed by atoms with Crippen LogP contribution in [-0.4, -0.2) is 26.0 Å². The van der Waals surface area contributed by atoms with Gasteiger partial charge in [-0.15, -0.1) is 0 Å². The van der Waals surface area contributed by atoms with Gasteiger partial charge in [-0.1, -0.05) is 13.0 Å². The van der Waals surface area contributed by atoms with Gasteiger partial charge >= 0.3 is 5.97 Å². The summed E-state index contributed by atoms with van der Waals surface area (Å²) in [4.78, 5) is 10.8. The third-order valence-electron chi connectivity index (χ3n) is 2.64. The number of aliphatic carboxylic acids is 1. The number of hydrogen-bond acceptors (Lipinski definition) is 4. The van der Waals surface area contributed by atoms with Crippen molar-refractivity contribution >= 4 is 16.0 Å². The minimum Gasteiger partial charge on any atom is -0.481 e. The molecule has 1 rings (SSSR count). The van der Waals surface area contributed by atoms with E-state index >= 15 is 0 Å². The quantitative estimate of drug-likeness (QED) is 0.807. The van der Waals surface area contributed by atoms with Crippen molar-refractivity contribution in [3.8, 4) is 6.07 Å². The van der Waals surface area contributed by atoms with Gasteiger partial charge in [0.15, 0.2) is 0 Å². The molecular weight excluding hydrogens is 268 g/mol. The van der Waals surface area contributed by atoms with Crippen molar-refractivity contribution in [1.82, 2.24) is 4.72 Å². The average molecular weight is 282 g/mol. The number of rotatable bonds is 6. The van der Waals surface area contributed by atoms with Gasteiger partial charge in [0.2, 0.25) is 10.0 Å². The summed E-state index contributed by atoms with van der Waals surface area (Å²) in [6.45, 7) is 1.49. The summed E-state index contributed by atoms with van der Waals surface area (Å²) in [7, 11) is -3.80. The fourth-order valence-electron chi connectivity index (χ4n) is 1.43. The van der Waals surface area contributed by atoms with Crippen LogP contribution in [0, 0.1) is 17.2 Å². The normalized spacial score (nSPS) is 12.6. The minimum atomic E-state index is -3.80. The van der Waals surface area contributed by atoms with E-state index < -0.39 is 21.9 Å². The summed E-state index contributed by atoms with van der Waals surface area (Å²) in [6.07, 6.45) is 0.329. The molecule has 0 saturated heterocycles. The summed E-state index contributed by atoms with van der Waals surface area (Å²) in [6, 6.07) is 7.39. The van der Waals surface area contributed by atoms with Gasteiger partial charge in [-0.2, -0.15) is 5.26 Å². The van der Waals surface area contributed by atoms with E-state index in [0.717, 1.165) is 0 Å². The zero-order valence-corrected chi connectivity index (χ0v) is 11.1. The van der Waals surface area contributed by atoms with E-state index in [-0.39, 0.29) is 17.0 Å². The Morgan fingerprint density at radius 3 is 2.74 bits per heavy atom. The number of carbonyl (C=O) groups is 1. The molecule has 19 heavy (non-hydrogen) atoms. The summed E-state index contributed by atoms with van der Waals surface area (Å²) in [5.41, 5.74) is 0.230. The molecule has 1 atom stereocenters. The highest BCUT2D eigenvalue weighted by Crippen LogP contribution is 2.11. The monoisotopic (exact) mass is 282 g/mol. The number of carboxylic acid groups (broad SMARTS) is 1. The van der Waals surface area contributed by atoms with E-state index in [2.05, 4.69) is 4.72 Å². The lowest BCUT2D eigenvalue weighted by Gasteiger charge is -2.11. The molecule has 0 heterocycles. The lowest BCUT2D eigenvalue weighted by molar-refractivity contribution is -0.141. The molecule has 1 aromatic rings. The Hall–Kier alpha value is -1.91. The molecule has 1 aromatic carbocycles. The molecule has 0 saturated carbocycles. The molecular formula is C12H14N2O4S. The van der Waals surface area contributed by atoms with Crippen LogP contribution in [0.25, 0.3) is 0 Å². The zero-order chi connectivity index (χ0) is 14.5. The fraction of sp³-hybridized carbons (Fsp3) is 0.333. The minimum absolute atomic E-state index is 0.0493. The molecule has 0 aromatic heterocycles. The number of benzene rings is 1. The second-order valence-electron chi connectivity index (χ2n) is 3.93. The first-order valence-corrected chi connectivity index (χ1v) is 7.11. The van der Waals surface area contributed by atoms with E-state index in [0.29, 0.717) is 6.42 Å². The van der Waals surface area contributed by atoms with Gasteiger partial charge in [0.1, 0.15) is 0 Å². The molecule has 0 aliphatic heterocycles. The molecule has 0 aliphatic rings. The SMILES string of the molecule is CCC(CNS(=O)(=O)c1cccc(C#N)c1)C(=O)O. The maximum atomic E-state index is 11.9. The molecule has 0 bridgehead atoms. The lowest BCUT2D eigenvalue weighted by Crippen LogP contribution is -2.32. The van der Waals surface area contributed by atoms with Gasteiger partial charge in [0.25, 0.3) is 0 Å². The largest absolute Gasteiger partial charge is 0.481 e. The first kappa shape index (κ1) is 15.1. The standard InChI is InChI=1S/C12H14N2O4S/c1-2-10(12(15)16)8-14-19(17,18)11-5-3-4-9(6-11)7-13/h3-6,10,14H,2,8H2,1H3,(H,15,16). The van der Waals surface area contributed by atoms with Crippen LogP contribution in [0.1, 0.15) is 18.9 Å². The Bertz CT molecular complexity index is 604. The molecule has 1 unspecified atom stereocenters. The highest BCUT2D eigenvalue weighted by Gasteiger charge is 2.20. The van der Waals surface area contributed by atoms with Gasteiger partial charge in [-0.25, -0.2) is 13.1 Å².